The number of benzene rings is 1. The minimum Gasteiger partial charge on any atom is -0.313 e. The first-order valence-corrected chi connectivity index (χ1v) is 8.38. The van der Waals surface area contributed by atoms with Gasteiger partial charge in [-0.2, -0.15) is 0 Å². The average Bonchev–Trinajstić information content (AvgIpc) is 3.21. The van der Waals surface area contributed by atoms with Crippen molar-refractivity contribution in [3.05, 3.63) is 52.0 Å². The molecule has 1 N–H and O–H groups in total. The molecule has 3 heteroatoms. The smallest absolute Gasteiger partial charge is 0.0897 e. The summed E-state index contributed by atoms with van der Waals surface area (Å²) in [5, 5.41) is 7.05. The topological polar surface area (TPSA) is 24.9 Å². The second-order valence-corrected chi connectivity index (χ2v) is 6.75. The number of hydrogen-bond donors (Lipinski definition) is 1. The molecule has 2 aromatic rings. The van der Waals surface area contributed by atoms with Gasteiger partial charge < -0.3 is 5.32 Å². The molecule has 1 aliphatic rings. The number of aromatic nitrogens is 1. The predicted octanol–water partition coefficient (Wildman–Crippen LogP) is 3.92. The van der Waals surface area contributed by atoms with Gasteiger partial charge in [-0.15, -0.1) is 11.3 Å². The molecule has 1 fully saturated rings. The van der Waals surface area contributed by atoms with Gasteiger partial charge in [0.1, 0.15) is 0 Å². The third-order valence-electron chi connectivity index (χ3n) is 3.92. The molecule has 0 bridgehead atoms. The summed E-state index contributed by atoms with van der Waals surface area (Å²) in [6.45, 7) is 3.18. The Kier molecular flexibility index (Phi) is 4.48. The Labute approximate surface area is 125 Å². The lowest BCUT2D eigenvalue weighted by molar-refractivity contribution is 0.546. The van der Waals surface area contributed by atoms with Crippen molar-refractivity contribution >= 4 is 11.3 Å². The molecule has 3 rings (SSSR count). The first-order valence-electron chi connectivity index (χ1n) is 7.50. The SMILES string of the molecule is Cc1nc(CCC(CNC2CC2)c2ccccc2)cs1. The van der Waals surface area contributed by atoms with E-state index in [0.717, 1.165) is 19.0 Å². The highest BCUT2D eigenvalue weighted by Gasteiger charge is 2.22. The van der Waals surface area contributed by atoms with Crippen LogP contribution in [0.25, 0.3) is 0 Å². The standard InChI is InChI=1S/C17H22N2S/c1-13-19-17(12-20-13)8-7-15(11-18-16-9-10-16)14-5-3-2-4-6-14/h2-6,12,15-16,18H,7-11H2,1H3. The highest BCUT2D eigenvalue weighted by molar-refractivity contribution is 7.09. The van der Waals surface area contributed by atoms with Gasteiger partial charge in [0.15, 0.2) is 0 Å². The molecule has 0 spiro atoms. The summed E-state index contributed by atoms with van der Waals surface area (Å²) in [6, 6.07) is 11.7. The molecule has 20 heavy (non-hydrogen) atoms. The maximum atomic E-state index is 4.58. The predicted molar refractivity (Wildman–Crippen MR) is 85.4 cm³/mol. The molecule has 1 unspecified atom stereocenters. The van der Waals surface area contributed by atoms with E-state index in [2.05, 4.69) is 52.9 Å². The van der Waals surface area contributed by atoms with Crippen LogP contribution in [-0.2, 0) is 6.42 Å². The Morgan fingerprint density at radius 1 is 1.30 bits per heavy atom. The van der Waals surface area contributed by atoms with Crippen LogP contribution in [0.3, 0.4) is 0 Å². The summed E-state index contributed by atoms with van der Waals surface area (Å²) in [5.41, 5.74) is 2.70. The number of rotatable bonds is 7. The zero-order valence-corrected chi connectivity index (χ0v) is 12.8. The number of hydrogen-bond acceptors (Lipinski definition) is 3. The maximum absolute atomic E-state index is 4.58. The van der Waals surface area contributed by atoms with E-state index in [1.54, 1.807) is 11.3 Å². The van der Waals surface area contributed by atoms with Crippen molar-refractivity contribution in [1.82, 2.24) is 10.3 Å². The van der Waals surface area contributed by atoms with Crippen molar-refractivity contribution in [2.45, 2.75) is 44.6 Å². The fourth-order valence-corrected chi connectivity index (χ4v) is 3.20. The third-order valence-corrected chi connectivity index (χ3v) is 4.74. The van der Waals surface area contributed by atoms with Gasteiger partial charge >= 0.3 is 0 Å². The normalized spacial score (nSPS) is 16.2. The Morgan fingerprint density at radius 3 is 2.75 bits per heavy atom. The summed E-state index contributed by atoms with van der Waals surface area (Å²) < 4.78 is 0. The van der Waals surface area contributed by atoms with Crippen LogP contribution in [0.2, 0.25) is 0 Å². The van der Waals surface area contributed by atoms with E-state index in [0.29, 0.717) is 5.92 Å². The van der Waals surface area contributed by atoms with Crippen molar-refractivity contribution in [2.24, 2.45) is 0 Å². The minimum absolute atomic E-state index is 0.596. The summed E-state index contributed by atoms with van der Waals surface area (Å²) >= 11 is 1.75. The highest BCUT2D eigenvalue weighted by Crippen LogP contribution is 2.24. The van der Waals surface area contributed by atoms with Gasteiger partial charge in [-0.05, 0) is 44.1 Å². The zero-order chi connectivity index (χ0) is 13.8. The van der Waals surface area contributed by atoms with Gasteiger partial charge in [0.25, 0.3) is 0 Å². The van der Waals surface area contributed by atoms with Crippen LogP contribution in [0, 0.1) is 6.92 Å². The van der Waals surface area contributed by atoms with Crippen molar-refractivity contribution in [3.8, 4) is 0 Å². The van der Waals surface area contributed by atoms with Crippen molar-refractivity contribution in [2.75, 3.05) is 6.54 Å². The minimum atomic E-state index is 0.596. The summed E-state index contributed by atoms with van der Waals surface area (Å²) in [6.07, 6.45) is 4.96. The molecule has 1 aromatic heterocycles. The third kappa shape index (κ3) is 3.90. The van der Waals surface area contributed by atoms with E-state index in [1.807, 2.05) is 0 Å². The molecule has 1 aromatic carbocycles. The second-order valence-electron chi connectivity index (χ2n) is 5.69. The maximum Gasteiger partial charge on any atom is 0.0897 e. The highest BCUT2D eigenvalue weighted by atomic mass is 32.1. The molecule has 106 valence electrons. The fraction of sp³-hybridized carbons (Fsp3) is 0.471. The van der Waals surface area contributed by atoms with Crippen LogP contribution < -0.4 is 5.32 Å². The summed E-state index contributed by atoms with van der Waals surface area (Å²) in [4.78, 5) is 4.58. The zero-order valence-electron chi connectivity index (χ0n) is 12.0. The van der Waals surface area contributed by atoms with E-state index in [1.165, 1.54) is 35.5 Å². The van der Waals surface area contributed by atoms with E-state index in [4.69, 9.17) is 0 Å². The van der Waals surface area contributed by atoms with Crippen molar-refractivity contribution in [1.29, 1.82) is 0 Å². The van der Waals surface area contributed by atoms with Gasteiger partial charge in [-0.3, -0.25) is 0 Å². The number of aryl methyl sites for hydroxylation is 2. The number of thiazole rings is 1. The monoisotopic (exact) mass is 286 g/mol. The first-order chi connectivity index (χ1) is 9.81. The Bertz CT molecular complexity index is 531. The van der Waals surface area contributed by atoms with Crippen LogP contribution in [-0.4, -0.2) is 17.6 Å². The molecular weight excluding hydrogens is 264 g/mol. The molecule has 1 saturated carbocycles. The van der Waals surface area contributed by atoms with Gasteiger partial charge in [-0.25, -0.2) is 4.98 Å². The molecular formula is C17H22N2S. The molecule has 1 atom stereocenters. The molecule has 0 radical (unpaired) electrons. The van der Waals surface area contributed by atoms with Crippen LogP contribution in [0.4, 0.5) is 0 Å². The largest absolute Gasteiger partial charge is 0.313 e. The van der Waals surface area contributed by atoms with Gasteiger partial charge in [-0.1, -0.05) is 30.3 Å². The van der Waals surface area contributed by atoms with Gasteiger partial charge in [0.2, 0.25) is 0 Å². The molecule has 1 aliphatic carbocycles. The average molecular weight is 286 g/mol. The Morgan fingerprint density at radius 2 is 2.10 bits per heavy atom. The Balaban J connectivity index is 1.61. The molecule has 2 nitrogen and oxygen atoms in total. The second kappa shape index (κ2) is 6.51. The van der Waals surface area contributed by atoms with Crippen molar-refractivity contribution in [3.63, 3.8) is 0 Å². The van der Waals surface area contributed by atoms with Gasteiger partial charge in [0, 0.05) is 18.0 Å². The van der Waals surface area contributed by atoms with Crippen molar-refractivity contribution < 1.29 is 0 Å². The molecule has 0 saturated heterocycles. The van der Waals surface area contributed by atoms with Crippen LogP contribution >= 0.6 is 11.3 Å². The lowest BCUT2D eigenvalue weighted by Crippen LogP contribution is -2.24. The lowest BCUT2D eigenvalue weighted by Gasteiger charge is -2.17. The van der Waals surface area contributed by atoms with E-state index < -0.39 is 0 Å². The van der Waals surface area contributed by atoms with Crippen LogP contribution in [0.1, 0.15) is 41.4 Å². The first kappa shape index (κ1) is 13.8. The number of nitrogens with one attached hydrogen (secondary N) is 1. The van der Waals surface area contributed by atoms with E-state index in [-0.39, 0.29) is 0 Å². The lowest BCUT2D eigenvalue weighted by atomic mass is 9.93. The molecule has 0 aliphatic heterocycles. The molecule has 0 amide bonds. The molecule has 1 heterocycles. The van der Waals surface area contributed by atoms with Gasteiger partial charge in [0.05, 0.1) is 10.7 Å². The van der Waals surface area contributed by atoms with Crippen LogP contribution in [0.15, 0.2) is 35.7 Å². The fourth-order valence-electron chi connectivity index (χ4n) is 2.55. The van der Waals surface area contributed by atoms with E-state index in [9.17, 15) is 0 Å². The quantitative estimate of drug-likeness (QED) is 0.834. The Hall–Kier alpha value is -1.19. The van der Waals surface area contributed by atoms with E-state index >= 15 is 0 Å². The van der Waals surface area contributed by atoms with Crippen LogP contribution in [0.5, 0.6) is 0 Å². The summed E-state index contributed by atoms with van der Waals surface area (Å²) in [7, 11) is 0. The summed E-state index contributed by atoms with van der Waals surface area (Å²) in [5.74, 6) is 0.596. The number of nitrogens with zero attached hydrogens (tertiary/aromatic N) is 1.